The minimum atomic E-state index is -1.17. The predicted molar refractivity (Wildman–Crippen MR) is 425 cm³/mol. The molecule has 9 aromatic rings. The lowest BCUT2D eigenvalue weighted by molar-refractivity contribution is -0.136. The van der Waals surface area contributed by atoms with Crippen LogP contribution in [0, 0.1) is 23.7 Å². The van der Waals surface area contributed by atoms with Crippen molar-refractivity contribution in [1.82, 2.24) is 80.7 Å². The SMILES string of the molecule is COC(=O)NC(C(=O)N1CCCC1c1nc(-c2ccc3c(c2)CCc2cc(-c4c[nH]c(C5CCCN5C(=O)C(NC(=O)OCCOC(=O)NC(C(=O)N5CCCC5c5nc(-c6ccc7c(=O)c8cc(-c9c[nH]c(C%10CCCN%10CC(C=O)(NC(=O)OC)C(C)C)n9)ccc8oc7c6)c[nH]5)C(C)C)C(C)C)n4)ccc2O3)c[nH]1)C(C)C. The Morgan fingerprint density at radius 2 is 0.896 bits per heavy atom. The molecule has 4 aromatic carbocycles. The molecule has 5 aliphatic rings. The molecular formula is C84H100N16O15. The van der Waals surface area contributed by atoms with Crippen LogP contribution in [0.3, 0.4) is 0 Å². The van der Waals surface area contributed by atoms with Gasteiger partial charge in [0.15, 0.2) is 0 Å². The Kier molecular flexibility index (Phi) is 23.6. The van der Waals surface area contributed by atoms with E-state index in [1.54, 1.807) is 57.4 Å². The molecule has 0 saturated carbocycles. The number of carbonyl (C=O) groups is 8. The molecule has 31 nitrogen and oxygen atoms in total. The fraction of sp³-hybridized carbons (Fsp3) is 0.464. The van der Waals surface area contributed by atoms with Crippen LogP contribution < -0.4 is 31.4 Å². The maximum absolute atomic E-state index is 14.4. The molecule has 606 valence electrons. The fourth-order valence-corrected chi connectivity index (χ4v) is 16.5. The highest BCUT2D eigenvalue weighted by atomic mass is 16.6. The van der Waals surface area contributed by atoms with E-state index in [-0.39, 0.29) is 84.7 Å². The number of hydrogen-bond acceptors (Lipinski definition) is 20. The molecule has 8 atom stereocenters. The molecule has 0 bridgehead atoms. The second kappa shape index (κ2) is 34.0. The number of carbonyl (C=O) groups excluding carboxylic acids is 8. The third-order valence-corrected chi connectivity index (χ3v) is 23.1. The van der Waals surface area contributed by atoms with Crippen LogP contribution in [0.4, 0.5) is 19.2 Å². The van der Waals surface area contributed by atoms with Crippen molar-refractivity contribution in [1.29, 1.82) is 0 Å². The van der Waals surface area contributed by atoms with E-state index in [9.17, 15) is 43.2 Å². The Hall–Kier alpha value is -11.9. The zero-order valence-electron chi connectivity index (χ0n) is 66.4. The van der Waals surface area contributed by atoms with Crippen molar-refractivity contribution in [3.05, 3.63) is 142 Å². The highest BCUT2D eigenvalue weighted by molar-refractivity contribution is 5.94. The van der Waals surface area contributed by atoms with Gasteiger partial charge in [-0.25, -0.2) is 39.1 Å². The number of fused-ring (bicyclic) bond motifs is 4. The highest BCUT2D eigenvalue weighted by Gasteiger charge is 2.44. The maximum atomic E-state index is 14.4. The van der Waals surface area contributed by atoms with E-state index in [4.69, 9.17) is 48.0 Å². The number of alkyl carbamates (subject to hydrolysis) is 4. The minimum Gasteiger partial charge on any atom is -0.457 e. The average Bonchev–Trinajstić information content (AvgIpc) is 1.77. The molecule has 4 fully saturated rings. The van der Waals surface area contributed by atoms with Gasteiger partial charge in [-0.1, -0.05) is 61.5 Å². The van der Waals surface area contributed by atoms with Gasteiger partial charge in [-0.05, 0) is 172 Å². The van der Waals surface area contributed by atoms with Crippen LogP contribution in [0.1, 0.15) is 165 Å². The Morgan fingerprint density at radius 1 is 0.496 bits per heavy atom. The third-order valence-electron chi connectivity index (χ3n) is 23.1. The van der Waals surface area contributed by atoms with Gasteiger partial charge in [0.05, 0.1) is 71.9 Å². The first-order chi connectivity index (χ1) is 55.4. The number of aryl methyl sites for hydroxylation is 2. The van der Waals surface area contributed by atoms with E-state index < -0.39 is 54.1 Å². The summed E-state index contributed by atoms with van der Waals surface area (Å²) < 4.78 is 33.5. The normalized spacial score (nSPS) is 18.9. The lowest BCUT2D eigenvalue weighted by Gasteiger charge is -2.37. The molecule has 10 heterocycles. The Morgan fingerprint density at radius 3 is 1.33 bits per heavy atom. The molecule has 8 unspecified atom stereocenters. The second-order valence-electron chi connectivity index (χ2n) is 31.8. The average molecular weight is 1570 g/mol. The molecule has 0 radical (unpaired) electrons. The summed E-state index contributed by atoms with van der Waals surface area (Å²) in [4.78, 5) is 161. The van der Waals surface area contributed by atoms with Crippen molar-refractivity contribution < 1.29 is 66.5 Å². The quantitative estimate of drug-likeness (QED) is 0.0114. The summed E-state index contributed by atoms with van der Waals surface area (Å²) in [6.45, 7) is 16.6. The molecule has 4 saturated heterocycles. The first kappa shape index (κ1) is 79.7. The molecule has 0 aliphatic carbocycles. The predicted octanol–water partition coefficient (Wildman–Crippen LogP) is 12.1. The van der Waals surface area contributed by atoms with Crippen LogP contribution in [0.15, 0.2) is 107 Å². The number of aromatic nitrogens is 8. The number of aldehydes is 1. The van der Waals surface area contributed by atoms with E-state index in [0.29, 0.717) is 132 Å². The van der Waals surface area contributed by atoms with E-state index in [1.807, 2.05) is 98.1 Å². The van der Waals surface area contributed by atoms with E-state index in [0.717, 1.165) is 77.8 Å². The maximum Gasteiger partial charge on any atom is 0.407 e. The molecule has 7 amide bonds. The number of likely N-dealkylation sites (tertiary alicyclic amines) is 4. The van der Waals surface area contributed by atoms with Gasteiger partial charge in [0, 0.05) is 73.2 Å². The number of nitrogens with one attached hydrogen (secondary N) is 8. The van der Waals surface area contributed by atoms with Crippen LogP contribution >= 0.6 is 0 Å². The number of ether oxygens (including phenoxy) is 5. The number of benzene rings is 4. The molecule has 5 aliphatic heterocycles. The first-order valence-electron chi connectivity index (χ1n) is 39.8. The van der Waals surface area contributed by atoms with Gasteiger partial charge in [-0.15, -0.1) is 0 Å². The number of amides is 7. The topological polar surface area (TPSA) is 389 Å². The molecule has 31 heteroatoms. The smallest absolute Gasteiger partial charge is 0.407 e. The standard InChI is InChI=1S/C84H100N16O15/c1-45(2)69(93-80(106)110-9)77(103)98-30-12-16-62(98)74-86-39-57(90-74)49-22-26-65-53(35-49)19-20-54-36-50(23-27-66(54)114-65)58-40-87-75(91-58)63-17-13-31-99(63)78(104)70(46(3)4)94-81(107)112-33-34-113-82(108)95-71(47(5)6)79(105)100-32-14-18-64(100)76-88-42-60(92-76)52-21-25-55-68(38-52)115-67-28-24-51(37-56(67)72(55)102)59-41-85-73(89-59)61-15-11-29-97(61)43-84(44-101,48(7)8)96-83(109)111-10/h21-28,35-42,44-48,61-64,69-71H,11-20,29-34,43H2,1-10H3,(H,85,89)(H,86,90)(H,87,91)(H,88,92)(H,93,106)(H,94,107)(H,95,108)(H,96,109). The summed E-state index contributed by atoms with van der Waals surface area (Å²) in [7, 11) is 2.55. The van der Waals surface area contributed by atoms with Crippen LogP contribution in [-0.4, -0.2) is 192 Å². The molecular weight excluding hydrogens is 1470 g/mol. The zero-order chi connectivity index (χ0) is 81.1. The lowest BCUT2D eigenvalue weighted by atomic mass is 9.87. The van der Waals surface area contributed by atoms with Crippen molar-refractivity contribution in [3.63, 3.8) is 0 Å². The molecule has 8 N–H and O–H groups in total. The van der Waals surface area contributed by atoms with Crippen molar-refractivity contribution in [2.24, 2.45) is 23.7 Å². The number of H-pyrrole nitrogens is 4. The number of nitrogens with zero attached hydrogens (tertiary/aromatic N) is 8. The van der Waals surface area contributed by atoms with Crippen molar-refractivity contribution in [2.75, 3.05) is 60.2 Å². The second-order valence-corrected chi connectivity index (χ2v) is 31.8. The number of aromatic amines is 4. The van der Waals surface area contributed by atoms with Crippen molar-refractivity contribution >= 4 is 70.3 Å². The summed E-state index contributed by atoms with van der Waals surface area (Å²) in [5, 5.41) is 11.7. The van der Waals surface area contributed by atoms with Crippen molar-refractivity contribution in [2.45, 2.75) is 167 Å². The van der Waals surface area contributed by atoms with Gasteiger partial charge in [0.25, 0.3) is 0 Å². The lowest BCUT2D eigenvalue weighted by Crippen LogP contribution is -2.60. The number of rotatable bonds is 25. The molecule has 14 rings (SSSR count). The van der Waals surface area contributed by atoms with Crippen LogP contribution in [-0.2, 0) is 51.0 Å². The van der Waals surface area contributed by atoms with Crippen molar-refractivity contribution in [3.8, 4) is 56.5 Å². The summed E-state index contributed by atoms with van der Waals surface area (Å²) in [5.41, 5.74) is 7.18. The summed E-state index contributed by atoms with van der Waals surface area (Å²) in [6, 6.07) is 18.8. The van der Waals surface area contributed by atoms with Crippen LogP contribution in [0.5, 0.6) is 11.5 Å². The zero-order valence-corrected chi connectivity index (χ0v) is 66.4. The first-order valence-corrected chi connectivity index (χ1v) is 39.8. The van der Waals surface area contributed by atoms with Gasteiger partial charge in [0.2, 0.25) is 23.2 Å². The monoisotopic (exact) mass is 1570 g/mol. The summed E-state index contributed by atoms with van der Waals surface area (Å²) >= 11 is 0. The largest absolute Gasteiger partial charge is 0.457 e. The van der Waals surface area contributed by atoms with E-state index >= 15 is 0 Å². The van der Waals surface area contributed by atoms with Gasteiger partial charge >= 0.3 is 24.4 Å². The molecule has 5 aromatic heterocycles. The van der Waals surface area contributed by atoms with Crippen LogP contribution in [0.25, 0.3) is 67.0 Å². The van der Waals surface area contributed by atoms with E-state index in [2.05, 4.69) is 58.2 Å². The van der Waals surface area contributed by atoms with Gasteiger partial charge in [0.1, 0.15) is 89.1 Å². The van der Waals surface area contributed by atoms with Gasteiger partial charge in [-0.3, -0.25) is 24.1 Å². The summed E-state index contributed by atoms with van der Waals surface area (Å²) in [6.07, 6.45) is 12.2. The number of methoxy groups -OCH3 is 2. The third kappa shape index (κ3) is 16.8. The molecule has 0 spiro atoms. The van der Waals surface area contributed by atoms with Gasteiger partial charge < -0.3 is 88.8 Å². The number of imidazole rings is 4. The Bertz CT molecular complexity index is 5190. The van der Waals surface area contributed by atoms with Crippen LogP contribution in [0.2, 0.25) is 0 Å². The molecule has 115 heavy (non-hydrogen) atoms. The van der Waals surface area contributed by atoms with Gasteiger partial charge in [-0.2, -0.15) is 0 Å². The Balaban J connectivity index is 0.544. The number of hydrogen-bond donors (Lipinski definition) is 8. The minimum absolute atomic E-state index is 0.145. The van der Waals surface area contributed by atoms with E-state index in [1.165, 1.54) is 14.2 Å². The Labute approximate surface area is 664 Å². The fourth-order valence-electron chi connectivity index (χ4n) is 16.5. The summed E-state index contributed by atoms with van der Waals surface area (Å²) in [5.74, 6) is 2.22. The highest BCUT2D eigenvalue weighted by Crippen LogP contribution is 2.42.